The molecule has 0 spiro atoms. The Balaban J connectivity index is 2.29. The SMILES string of the molecule is C[N+]1=CNc2c(cnc3ncccc23)C1. The van der Waals surface area contributed by atoms with Crippen LogP contribution in [0.4, 0.5) is 5.69 Å². The number of nitrogens with one attached hydrogen (secondary N) is 1. The Morgan fingerprint density at radius 1 is 1.40 bits per heavy atom. The van der Waals surface area contributed by atoms with Gasteiger partial charge >= 0.3 is 0 Å². The molecule has 0 bridgehead atoms. The Bertz CT molecular complexity index is 560. The fourth-order valence-electron chi connectivity index (χ4n) is 1.85. The van der Waals surface area contributed by atoms with Gasteiger partial charge in [-0.2, -0.15) is 0 Å². The molecule has 4 heteroatoms. The molecule has 1 aliphatic heterocycles. The summed E-state index contributed by atoms with van der Waals surface area (Å²) in [4.78, 5) is 8.57. The number of hydrogen-bond donors (Lipinski definition) is 1. The molecule has 15 heavy (non-hydrogen) atoms. The second kappa shape index (κ2) is 3.02. The lowest BCUT2D eigenvalue weighted by Crippen LogP contribution is -2.19. The van der Waals surface area contributed by atoms with Crippen molar-refractivity contribution in [3.8, 4) is 0 Å². The molecule has 74 valence electrons. The molecule has 1 N–H and O–H groups in total. The largest absolute Gasteiger partial charge is 0.266 e. The van der Waals surface area contributed by atoms with E-state index in [1.807, 2.05) is 31.7 Å². The van der Waals surface area contributed by atoms with Gasteiger partial charge < -0.3 is 0 Å². The lowest BCUT2D eigenvalue weighted by molar-refractivity contribution is -0.510. The number of nitrogens with zero attached hydrogens (tertiary/aromatic N) is 3. The minimum Gasteiger partial charge on any atom is -0.266 e. The van der Waals surface area contributed by atoms with Crippen LogP contribution in [0.3, 0.4) is 0 Å². The normalized spacial score (nSPS) is 14.3. The Hall–Kier alpha value is -1.97. The quantitative estimate of drug-likeness (QED) is 0.649. The molecule has 1 aliphatic rings. The van der Waals surface area contributed by atoms with Crippen LogP contribution in [0.5, 0.6) is 0 Å². The van der Waals surface area contributed by atoms with Crippen molar-refractivity contribution in [3.05, 3.63) is 30.1 Å². The first kappa shape index (κ1) is 8.35. The first-order valence-corrected chi connectivity index (χ1v) is 4.87. The van der Waals surface area contributed by atoms with Gasteiger partial charge in [0, 0.05) is 12.4 Å². The second-order valence-corrected chi connectivity index (χ2v) is 3.72. The van der Waals surface area contributed by atoms with Crippen LogP contribution in [-0.4, -0.2) is 27.9 Å². The van der Waals surface area contributed by atoms with Gasteiger partial charge in [-0.25, -0.2) is 15.3 Å². The van der Waals surface area contributed by atoms with Crippen molar-refractivity contribution in [1.82, 2.24) is 9.97 Å². The first-order valence-electron chi connectivity index (χ1n) is 4.87. The highest BCUT2D eigenvalue weighted by atomic mass is 15.1. The molecule has 0 fully saturated rings. The molecule has 3 rings (SSSR count). The molecule has 0 saturated heterocycles. The summed E-state index contributed by atoms with van der Waals surface area (Å²) in [6.07, 6.45) is 5.62. The summed E-state index contributed by atoms with van der Waals surface area (Å²) in [7, 11) is 2.03. The van der Waals surface area contributed by atoms with Gasteiger partial charge in [0.05, 0.1) is 18.0 Å². The number of anilines is 1. The van der Waals surface area contributed by atoms with Crippen LogP contribution in [-0.2, 0) is 6.54 Å². The Labute approximate surface area is 87.3 Å². The number of fused-ring (bicyclic) bond motifs is 3. The molecule has 2 aromatic heterocycles. The summed E-state index contributed by atoms with van der Waals surface area (Å²) < 4.78 is 2.09. The van der Waals surface area contributed by atoms with E-state index in [0.29, 0.717) is 0 Å². The van der Waals surface area contributed by atoms with Crippen molar-refractivity contribution < 1.29 is 4.58 Å². The maximum Gasteiger partial charge on any atom is 0.237 e. The summed E-state index contributed by atoms with van der Waals surface area (Å²) >= 11 is 0. The van der Waals surface area contributed by atoms with Crippen molar-refractivity contribution >= 4 is 23.1 Å². The van der Waals surface area contributed by atoms with E-state index in [1.165, 1.54) is 5.56 Å². The minimum atomic E-state index is 0.793. The van der Waals surface area contributed by atoms with E-state index in [9.17, 15) is 0 Å². The summed E-state index contributed by atoms with van der Waals surface area (Å²) in [5.41, 5.74) is 3.13. The molecule has 0 amide bonds. The van der Waals surface area contributed by atoms with Gasteiger partial charge in [-0.15, -0.1) is 0 Å². The molecule has 0 aromatic carbocycles. The molecular weight excluding hydrogens is 188 g/mol. The molecule has 0 aliphatic carbocycles. The van der Waals surface area contributed by atoms with Crippen LogP contribution < -0.4 is 5.32 Å². The van der Waals surface area contributed by atoms with E-state index in [4.69, 9.17) is 0 Å². The van der Waals surface area contributed by atoms with E-state index in [1.54, 1.807) is 6.20 Å². The Kier molecular flexibility index (Phi) is 1.68. The van der Waals surface area contributed by atoms with Crippen LogP contribution >= 0.6 is 0 Å². The van der Waals surface area contributed by atoms with Crippen molar-refractivity contribution in [2.24, 2.45) is 0 Å². The average Bonchev–Trinajstić information content (AvgIpc) is 2.28. The zero-order valence-electron chi connectivity index (χ0n) is 8.44. The highest BCUT2D eigenvalue weighted by Crippen LogP contribution is 2.25. The van der Waals surface area contributed by atoms with Gasteiger partial charge in [0.1, 0.15) is 12.2 Å². The van der Waals surface area contributed by atoms with Crippen LogP contribution in [0, 0.1) is 0 Å². The zero-order chi connectivity index (χ0) is 10.3. The van der Waals surface area contributed by atoms with Crippen molar-refractivity contribution in [2.45, 2.75) is 6.54 Å². The van der Waals surface area contributed by atoms with Gasteiger partial charge in [0.15, 0.2) is 5.65 Å². The summed E-state index contributed by atoms with van der Waals surface area (Å²) in [6.45, 7) is 0.889. The molecule has 0 atom stereocenters. The Morgan fingerprint density at radius 2 is 2.33 bits per heavy atom. The summed E-state index contributed by atoms with van der Waals surface area (Å²) in [5, 5.41) is 4.36. The highest BCUT2D eigenvalue weighted by molar-refractivity contribution is 5.95. The van der Waals surface area contributed by atoms with Gasteiger partial charge in [0.2, 0.25) is 6.34 Å². The number of pyridine rings is 2. The van der Waals surface area contributed by atoms with E-state index in [2.05, 4.69) is 19.9 Å². The van der Waals surface area contributed by atoms with Crippen molar-refractivity contribution in [3.63, 3.8) is 0 Å². The molecule has 2 aromatic rings. The monoisotopic (exact) mass is 199 g/mol. The van der Waals surface area contributed by atoms with Crippen LogP contribution in [0.25, 0.3) is 11.0 Å². The van der Waals surface area contributed by atoms with E-state index < -0.39 is 0 Å². The summed E-state index contributed by atoms with van der Waals surface area (Å²) in [5.74, 6) is 0. The van der Waals surface area contributed by atoms with Crippen LogP contribution in [0.15, 0.2) is 24.5 Å². The van der Waals surface area contributed by atoms with Crippen LogP contribution in [0.2, 0.25) is 0 Å². The molecular formula is C11H11N4+. The smallest absolute Gasteiger partial charge is 0.237 e. The lowest BCUT2D eigenvalue weighted by atomic mass is 10.1. The van der Waals surface area contributed by atoms with Gasteiger partial charge in [-0.3, -0.25) is 4.58 Å². The van der Waals surface area contributed by atoms with E-state index >= 15 is 0 Å². The maximum absolute atomic E-state index is 4.34. The third kappa shape index (κ3) is 1.26. The van der Waals surface area contributed by atoms with Crippen molar-refractivity contribution in [1.29, 1.82) is 0 Å². The number of aromatic nitrogens is 2. The van der Waals surface area contributed by atoms with Crippen LogP contribution in [0.1, 0.15) is 5.56 Å². The second-order valence-electron chi connectivity index (χ2n) is 3.72. The van der Waals surface area contributed by atoms with E-state index in [0.717, 1.165) is 23.3 Å². The highest BCUT2D eigenvalue weighted by Gasteiger charge is 2.17. The third-order valence-electron chi connectivity index (χ3n) is 2.57. The zero-order valence-corrected chi connectivity index (χ0v) is 8.44. The predicted molar refractivity (Wildman–Crippen MR) is 59.1 cm³/mol. The summed E-state index contributed by atoms with van der Waals surface area (Å²) in [6, 6.07) is 3.98. The molecule has 3 heterocycles. The molecule has 0 unspecified atom stereocenters. The fraction of sp³-hybridized carbons (Fsp3) is 0.182. The maximum atomic E-state index is 4.34. The molecule has 0 radical (unpaired) electrons. The average molecular weight is 199 g/mol. The standard InChI is InChI=1S/C11H10N4/c1-15-6-8-5-13-11-9(3-2-4-12-11)10(8)14-7-15/h2-5,7H,6H2,1H3/p+1. The number of rotatable bonds is 0. The predicted octanol–water partition coefficient (Wildman–Crippen LogP) is 1.23. The van der Waals surface area contributed by atoms with Gasteiger partial charge in [-0.05, 0) is 12.1 Å². The minimum absolute atomic E-state index is 0.793. The van der Waals surface area contributed by atoms with Crippen molar-refractivity contribution in [2.75, 3.05) is 12.4 Å². The molecule has 4 nitrogen and oxygen atoms in total. The Morgan fingerprint density at radius 3 is 3.27 bits per heavy atom. The van der Waals surface area contributed by atoms with Gasteiger partial charge in [-0.1, -0.05) is 0 Å². The topological polar surface area (TPSA) is 40.8 Å². The third-order valence-corrected chi connectivity index (χ3v) is 2.57. The molecule has 0 saturated carbocycles. The lowest BCUT2D eigenvalue weighted by Gasteiger charge is -2.12. The van der Waals surface area contributed by atoms with Gasteiger partial charge in [0.25, 0.3) is 0 Å². The first-order chi connectivity index (χ1) is 7.34. The number of hydrogen-bond acceptors (Lipinski definition) is 3. The fourth-order valence-corrected chi connectivity index (χ4v) is 1.85. The van der Waals surface area contributed by atoms with E-state index in [-0.39, 0.29) is 0 Å².